The van der Waals surface area contributed by atoms with Crippen LogP contribution in [0.5, 0.6) is 0 Å². The van der Waals surface area contributed by atoms with Crippen LogP contribution in [-0.2, 0) is 9.59 Å². The van der Waals surface area contributed by atoms with Crippen molar-refractivity contribution in [1.82, 2.24) is 20.6 Å². The SMILES string of the molecule is C1=C(c2c[nH]c3ccccc23)CCNC1.C1=C(c2c[nH]c3ccccc23)CCNC1.O=C([O-])CCC(=O)[O-]. The van der Waals surface area contributed by atoms with Crippen LogP contribution in [0.25, 0.3) is 33.0 Å². The van der Waals surface area contributed by atoms with Crippen molar-refractivity contribution >= 4 is 44.9 Å². The van der Waals surface area contributed by atoms with Crippen molar-refractivity contribution in [3.8, 4) is 0 Å². The molecule has 4 heterocycles. The molecule has 4 N–H and O–H groups in total. The lowest BCUT2D eigenvalue weighted by Crippen LogP contribution is -2.27. The number of fused-ring (bicyclic) bond motifs is 2. The maximum absolute atomic E-state index is 9.50. The molecule has 0 amide bonds. The number of aromatic amines is 2. The van der Waals surface area contributed by atoms with Crippen molar-refractivity contribution in [2.24, 2.45) is 0 Å². The van der Waals surface area contributed by atoms with E-state index in [0.29, 0.717) is 0 Å². The largest absolute Gasteiger partial charge is 0.550 e. The molecule has 2 aromatic heterocycles. The van der Waals surface area contributed by atoms with Gasteiger partial charge in [-0.1, -0.05) is 48.6 Å². The molecule has 0 fully saturated rings. The normalized spacial score (nSPS) is 14.9. The lowest BCUT2D eigenvalue weighted by Gasteiger charge is -2.13. The number of aromatic nitrogens is 2. The molecule has 0 atom stereocenters. The first-order valence-electron chi connectivity index (χ1n) is 12.8. The third-order valence-electron chi connectivity index (χ3n) is 6.53. The second-order valence-electron chi connectivity index (χ2n) is 9.11. The summed E-state index contributed by atoms with van der Waals surface area (Å²) in [6.45, 7) is 4.17. The summed E-state index contributed by atoms with van der Waals surface area (Å²) in [4.78, 5) is 25.7. The number of aliphatic carboxylic acids is 2. The van der Waals surface area contributed by atoms with Crippen LogP contribution in [0.3, 0.4) is 0 Å². The summed E-state index contributed by atoms with van der Waals surface area (Å²) in [5.41, 5.74) is 8.12. The van der Waals surface area contributed by atoms with E-state index in [9.17, 15) is 19.8 Å². The molecule has 4 aromatic rings. The fraction of sp³-hybridized carbons (Fsp3) is 0.267. The zero-order valence-corrected chi connectivity index (χ0v) is 21.2. The van der Waals surface area contributed by atoms with E-state index in [0.717, 1.165) is 39.0 Å². The Balaban J connectivity index is 0.000000140. The van der Waals surface area contributed by atoms with Gasteiger partial charge in [-0.05, 0) is 62.1 Å². The van der Waals surface area contributed by atoms with E-state index in [1.807, 2.05) is 0 Å². The molecule has 8 heteroatoms. The molecule has 0 bridgehead atoms. The van der Waals surface area contributed by atoms with Crippen LogP contribution < -0.4 is 20.8 Å². The Bertz CT molecular complexity index is 1340. The zero-order valence-electron chi connectivity index (χ0n) is 21.2. The minimum Gasteiger partial charge on any atom is -0.550 e. The first-order chi connectivity index (χ1) is 18.5. The van der Waals surface area contributed by atoms with E-state index < -0.39 is 24.8 Å². The number of carbonyl (C=O) groups is 2. The Kier molecular flexibility index (Phi) is 9.50. The van der Waals surface area contributed by atoms with Crippen LogP contribution >= 0.6 is 0 Å². The lowest BCUT2D eigenvalue weighted by atomic mass is 10.00. The summed E-state index contributed by atoms with van der Waals surface area (Å²) in [7, 11) is 0. The summed E-state index contributed by atoms with van der Waals surface area (Å²) in [6, 6.07) is 17.0. The van der Waals surface area contributed by atoms with Gasteiger partial charge in [-0.25, -0.2) is 0 Å². The first-order valence-corrected chi connectivity index (χ1v) is 12.8. The summed E-state index contributed by atoms with van der Waals surface area (Å²) in [5, 5.41) is 28.4. The van der Waals surface area contributed by atoms with Crippen molar-refractivity contribution < 1.29 is 19.8 Å². The third-order valence-corrected chi connectivity index (χ3v) is 6.53. The number of benzene rings is 2. The second-order valence-corrected chi connectivity index (χ2v) is 9.11. The number of para-hydroxylation sites is 2. The molecule has 0 saturated heterocycles. The van der Waals surface area contributed by atoms with E-state index in [2.05, 4.69) is 93.7 Å². The van der Waals surface area contributed by atoms with Crippen molar-refractivity contribution in [1.29, 1.82) is 0 Å². The van der Waals surface area contributed by atoms with Gasteiger partial charge in [0.05, 0.1) is 0 Å². The average molecular weight is 513 g/mol. The quantitative estimate of drug-likeness (QED) is 0.324. The van der Waals surface area contributed by atoms with E-state index in [-0.39, 0.29) is 0 Å². The topological polar surface area (TPSA) is 136 Å². The number of carbonyl (C=O) groups excluding carboxylic acids is 2. The van der Waals surface area contributed by atoms with Crippen molar-refractivity contribution in [3.05, 3.63) is 84.2 Å². The molecule has 38 heavy (non-hydrogen) atoms. The Labute approximate surface area is 221 Å². The predicted octanol–water partition coefficient (Wildman–Crippen LogP) is 2.36. The van der Waals surface area contributed by atoms with Gasteiger partial charge in [0.15, 0.2) is 0 Å². The summed E-state index contributed by atoms with van der Waals surface area (Å²) < 4.78 is 0. The van der Waals surface area contributed by atoms with E-state index >= 15 is 0 Å². The number of carboxylic acid groups (broad SMARTS) is 2. The van der Waals surface area contributed by atoms with Gasteiger partial charge < -0.3 is 40.4 Å². The highest BCUT2D eigenvalue weighted by Gasteiger charge is 2.11. The Hall–Kier alpha value is -4.14. The van der Waals surface area contributed by atoms with Crippen LogP contribution in [0.2, 0.25) is 0 Å². The van der Waals surface area contributed by atoms with Crippen LogP contribution in [0.15, 0.2) is 73.1 Å². The molecule has 198 valence electrons. The number of hydrogen-bond acceptors (Lipinski definition) is 6. The summed E-state index contributed by atoms with van der Waals surface area (Å²) >= 11 is 0. The minimum absolute atomic E-state index is 0.470. The number of carboxylic acids is 2. The number of nitrogens with one attached hydrogen (secondary N) is 4. The van der Waals surface area contributed by atoms with E-state index in [4.69, 9.17) is 0 Å². The average Bonchev–Trinajstić information content (AvgIpc) is 3.58. The Morgan fingerprint density at radius 2 is 1.08 bits per heavy atom. The maximum atomic E-state index is 9.50. The van der Waals surface area contributed by atoms with Crippen molar-refractivity contribution in [3.63, 3.8) is 0 Å². The van der Waals surface area contributed by atoms with Crippen molar-refractivity contribution in [2.75, 3.05) is 26.2 Å². The highest BCUT2D eigenvalue weighted by atomic mass is 16.4. The molecular formula is C30H32N4O4-2. The molecule has 0 unspecified atom stereocenters. The third kappa shape index (κ3) is 7.21. The molecule has 0 aliphatic carbocycles. The predicted molar refractivity (Wildman–Crippen MR) is 147 cm³/mol. The van der Waals surface area contributed by atoms with Crippen LogP contribution in [0, 0.1) is 0 Å². The number of rotatable bonds is 5. The fourth-order valence-corrected chi connectivity index (χ4v) is 4.61. The Morgan fingerprint density at radius 1 is 0.658 bits per heavy atom. The molecule has 0 saturated carbocycles. The van der Waals surface area contributed by atoms with Crippen LogP contribution in [0.4, 0.5) is 0 Å². The van der Waals surface area contributed by atoms with Gasteiger partial charge in [0.2, 0.25) is 0 Å². The van der Waals surface area contributed by atoms with Crippen molar-refractivity contribution in [2.45, 2.75) is 25.7 Å². The second kappa shape index (κ2) is 13.4. The lowest BCUT2D eigenvalue weighted by molar-refractivity contribution is -0.315. The highest BCUT2D eigenvalue weighted by Crippen LogP contribution is 2.28. The van der Waals surface area contributed by atoms with Gasteiger partial charge in [0.25, 0.3) is 0 Å². The van der Waals surface area contributed by atoms with Gasteiger partial charge >= 0.3 is 0 Å². The van der Waals surface area contributed by atoms with Gasteiger partial charge in [-0.2, -0.15) is 0 Å². The molecule has 8 nitrogen and oxygen atoms in total. The summed E-state index contributed by atoms with van der Waals surface area (Å²) in [5.74, 6) is -2.73. The van der Waals surface area contributed by atoms with Gasteiger partial charge in [-0.3, -0.25) is 0 Å². The standard InChI is InChI=1S/2C13H14N2.C4H6O4/c2*1-2-4-13-11(3-1)12(9-15-13)10-5-7-14-8-6-10;5-3(6)1-2-4(7)8/h2*1-5,9,14-15H,6-8H2;1-2H2,(H,5,6)(H,7,8)/p-2. The summed E-state index contributed by atoms with van der Waals surface area (Å²) in [6.07, 6.45) is 10.1. The van der Waals surface area contributed by atoms with Gasteiger partial charge in [0, 0.05) is 70.4 Å². The minimum atomic E-state index is -1.37. The maximum Gasteiger partial charge on any atom is 0.0460 e. The molecule has 6 rings (SSSR count). The molecule has 2 aromatic carbocycles. The molecular weight excluding hydrogens is 480 g/mol. The van der Waals surface area contributed by atoms with Gasteiger partial charge in [0.1, 0.15) is 0 Å². The van der Waals surface area contributed by atoms with E-state index in [1.54, 1.807) is 0 Å². The Morgan fingerprint density at radius 3 is 1.45 bits per heavy atom. The highest BCUT2D eigenvalue weighted by molar-refractivity contribution is 5.93. The van der Waals surface area contributed by atoms with Crippen LogP contribution in [0.1, 0.15) is 36.8 Å². The zero-order chi connectivity index (χ0) is 26.7. The van der Waals surface area contributed by atoms with E-state index in [1.165, 1.54) is 44.1 Å². The van der Waals surface area contributed by atoms with Gasteiger partial charge in [-0.15, -0.1) is 0 Å². The first kappa shape index (κ1) is 26.9. The number of H-pyrrole nitrogens is 2. The molecule has 0 spiro atoms. The smallest absolute Gasteiger partial charge is 0.0460 e. The monoisotopic (exact) mass is 512 g/mol. The van der Waals surface area contributed by atoms with Crippen LogP contribution in [-0.4, -0.2) is 48.1 Å². The molecule has 2 aliphatic rings. The number of hydrogen-bond donors (Lipinski definition) is 4. The molecule has 0 radical (unpaired) electrons. The molecule has 2 aliphatic heterocycles. The fourth-order valence-electron chi connectivity index (χ4n) is 4.61.